The average molecular weight is 256 g/mol. The van der Waals surface area contributed by atoms with Gasteiger partial charge in [0.25, 0.3) is 5.91 Å². The van der Waals surface area contributed by atoms with Crippen LogP contribution in [0, 0.1) is 6.92 Å². The van der Waals surface area contributed by atoms with Crippen LogP contribution in [0.25, 0.3) is 0 Å². The van der Waals surface area contributed by atoms with Gasteiger partial charge in [0.05, 0.1) is 10.6 Å². The fourth-order valence-electron chi connectivity index (χ4n) is 1.40. The SMILES string of the molecule is CCN(CCC(N)=S)C(=O)c1cscc1C. The predicted molar refractivity (Wildman–Crippen MR) is 72.0 cm³/mol. The average Bonchev–Trinajstić information content (AvgIpc) is 2.64. The van der Waals surface area contributed by atoms with Crippen LogP contribution in [0.3, 0.4) is 0 Å². The molecule has 0 aliphatic rings. The second kappa shape index (κ2) is 5.96. The number of hydrogen-bond acceptors (Lipinski definition) is 3. The molecule has 1 rings (SSSR count). The van der Waals surface area contributed by atoms with E-state index in [4.69, 9.17) is 18.0 Å². The first-order valence-corrected chi connectivity index (χ1v) is 6.51. The molecule has 16 heavy (non-hydrogen) atoms. The molecule has 2 N–H and O–H groups in total. The molecule has 0 aliphatic heterocycles. The zero-order valence-corrected chi connectivity index (χ0v) is 11.2. The Kier molecular flexibility index (Phi) is 4.89. The number of thiophene rings is 1. The Labute approximate surface area is 105 Å². The zero-order valence-electron chi connectivity index (χ0n) is 9.53. The molecule has 0 aromatic carbocycles. The van der Waals surface area contributed by atoms with E-state index in [2.05, 4.69) is 0 Å². The summed E-state index contributed by atoms with van der Waals surface area (Å²) in [5.41, 5.74) is 7.26. The molecule has 0 unspecified atom stereocenters. The van der Waals surface area contributed by atoms with Crippen molar-refractivity contribution in [2.24, 2.45) is 5.73 Å². The number of nitrogens with two attached hydrogens (primary N) is 1. The van der Waals surface area contributed by atoms with Crippen molar-refractivity contribution in [3.63, 3.8) is 0 Å². The van der Waals surface area contributed by atoms with Gasteiger partial charge >= 0.3 is 0 Å². The third kappa shape index (κ3) is 3.28. The fraction of sp³-hybridized carbons (Fsp3) is 0.455. The molecule has 0 bridgehead atoms. The largest absolute Gasteiger partial charge is 0.393 e. The number of aryl methyl sites for hydroxylation is 1. The number of thiocarbonyl (C=S) groups is 1. The Hall–Kier alpha value is -0.940. The minimum atomic E-state index is 0.0671. The van der Waals surface area contributed by atoms with Gasteiger partial charge in [-0.15, -0.1) is 0 Å². The maximum absolute atomic E-state index is 12.1. The van der Waals surface area contributed by atoms with Gasteiger partial charge in [0.2, 0.25) is 0 Å². The van der Waals surface area contributed by atoms with Crippen LogP contribution in [0.4, 0.5) is 0 Å². The summed E-state index contributed by atoms with van der Waals surface area (Å²) < 4.78 is 0. The zero-order chi connectivity index (χ0) is 12.1. The molecule has 88 valence electrons. The van der Waals surface area contributed by atoms with E-state index in [9.17, 15) is 4.79 Å². The van der Waals surface area contributed by atoms with Crippen LogP contribution in [0.2, 0.25) is 0 Å². The summed E-state index contributed by atoms with van der Waals surface area (Å²) in [6, 6.07) is 0. The summed E-state index contributed by atoms with van der Waals surface area (Å²) in [6.07, 6.45) is 0.581. The van der Waals surface area contributed by atoms with Crippen LogP contribution >= 0.6 is 23.6 Å². The molecule has 0 atom stereocenters. The molecule has 1 aromatic heterocycles. The number of rotatable bonds is 5. The van der Waals surface area contributed by atoms with Crippen LogP contribution in [0.5, 0.6) is 0 Å². The maximum Gasteiger partial charge on any atom is 0.254 e. The molecule has 1 amide bonds. The molecule has 0 fully saturated rings. The van der Waals surface area contributed by atoms with Gasteiger partial charge in [-0.1, -0.05) is 12.2 Å². The van der Waals surface area contributed by atoms with Gasteiger partial charge in [-0.3, -0.25) is 4.79 Å². The van der Waals surface area contributed by atoms with Crippen molar-refractivity contribution in [2.45, 2.75) is 20.3 Å². The van der Waals surface area contributed by atoms with Gasteiger partial charge < -0.3 is 10.6 Å². The maximum atomic E-state index is 12.1. The molecule has 1 aromatic rings. The van der Waals surface area contributed by atoms with E-state index < -0.39 is 0 Å². The van der Waals surface area contributed by atoms with Crippen molar-refractivity contribution < 1.29 is 4.79 Å². The van der Waals surface area contributed by atoms with E-state index >= 15 is 0 Å². The predicted octanol–water partition coefficient (Wildman–Crippen LogP) is 2.19. The molecule has 1 heterocycles. The highest BCUT2D eigenvalue weighted by molar-refractivity contribution is 7.80. The Morgan fingerprint density at radius 1 is 1.56 bits per heavy atom. The Morgan fingerprint density at radius 2 is 2.25 bits per heavy atom. The molecule has 3 nitrogen and oxygen atoms in total. The van der Waals surface area contributed by atoms with Crippen LogP contribution in [0.1, 0.15) is 29.3 Å². The Bertz CT molecular complexity index is 387. The highest BCUT2D eigenvalue weighted by atomic mass is 32.1. The van der Waals surface area contributed by atoms with Crippen LogP contribution in [-0.4, -0.2) is 28.9 Å². The second-order valence-electron chi connectivity index (χ2n) is 3.57. The molecule has 5 heteroatoms. The first-order chi connectivity index (χ1) is 7.56. The number of hydrogen-bond donors (Lipinski definition) is 1. The highest BCUT2D eigenvalue weighted by Gasteiger charge is 2.16. The highest BCUT2D eigenvalue weighted by Crippen LogP contribution is 2.16. The summed E-state index contributed by atoms with van der Waals surface area (Å²) in [5, 5.41) is 3.87. The molecule has 0 aliphatic carbocycles. The lowest BCUT2D eigenvalue weighted by Crippen LogP contribution is -2.33. The van der Waals surface area contributed by atoms with Crippen LogP contribution in [-0.2, 0) is 0 Å². The van der Waals surface area contributed by atoms with Crippen molar-refractivity contribution >= 4 is 34.5 Å². The molecule has 0 spiro atoms. The first-order valence-electron chi connectivity index (χ1n) is 5.16. The third-order valence-corrected chi connectivity index (χ3v) is 3.45. The lowest BCUT2D eigenvalue weighted by molar-refractivity contribution is 0.0769. The summed E-state index contributed by atoms with van der Waals surface area (Å²) in [4.78, 5) is 14.3. The number of carbonyl (C=O) groups excluding carboxylic acids is 1. The summed E-state index contributed by atoms with van der Waals surface area (Å²) in [5.74, 6) is 0.0671. The van der Waals surface area contributed by atoms with Crippen molar-refractivity contribution in [1.29, 1.82) is 0 Å². The lowest BCUT2D eigenvalue weighted by atomic mass is 10.2. The monoisotopic (exact) mass is 256 g/mol. The van der Waals surface area contributed by atoms with Gasteiger partial charge in [-0.25, -0.2) is 0 Å². The summed E-state index contributed by atoms with van der Waals surface area (Å²) in [7, 11) is 0. The topological polar surface area (TPSA) is 46.3 Å². The Balaban J connectivity index is 2.70. The minimum absolute atomic E-state index is 0.0671. The minimum Gasteiger partial charge on any atom is -0.393 e. The third-order valence-electron chi connectivity index (χ3n) is 2.38. The summed E-state index contributed by atoms with van der Waals surface area (Å²) in [6.45, 7) is 5.18. The molecule has 0 saturated heterocycles. The quantitative estimate of drug-likeness (QED) is 0.822. The Morgan fingerprint density at radius 3 is 2.69 bits per heavy atom. The van der Waals surface area contributed by atoms with Gasteiger partial charge in [0.1, 0.15) is 0 Å². The van der Waals surface area contributed by atoms with E-state index in [1.54, 1.807) is 16.2 Å². The van der Waals surface area contributed by atoms with Crippen molar-refractivity contribution in [2.75, 3.05) is 13.1 Å². The molecular weight excluding hydrogens is 240 g/mol. The van der Waals surface area contributed by atoms with E-state index in [-0.39, 0.29) is 5.91 Å². The molecule has 0 saturated carbocycles. The van der Waals surface area contributed by atoms with Gasteiger partial charge in [-0.05, 0) is 24.8 Å². The second-order valence-corrected chi connectivity index (χ2v) is 4.84. The fourth-order valence-corrected chi connectivity index (χ4v) is 2.31. The molecular formula is C11H16N2OS2. The van der Waals surface area contributed by atoms with Gasteiger partial charge in [-0.2, -0.15) is 11.3 Å². The van der Waals surface area contributed by atoms with E-state index in [1.807, 2.05) is 24.6 Å². The first kappa shape index (κ1) is 13.1. The van der Waals surface area contributed by atoms with Crippen molar-refractivity contribution in [1.82, 2.24) is 4.90 Å². The normalized spacial score (nSPS) is 10.1. The van der Waals surface area contributed by atoms with Gasteiger partial charge in [0.15, 0.2) is 0 Å². The smallest absolute Gasteiger partial charge is 0.254 e. The molecule has 0 radical (unpaired) electrons. The summed E-state index contributed by atoms with van der Waals surface area (Å²) >= 11 is 6.36. The van der Waals surface area contributed by atoms with E-state index in [0.717, 1.165) is 11.1 Å². The lowest BCUT2D eigenvalue weighted by Gasteiger charge is -2.20. The number of carbonyl (C=O) groups is 1. The number of amides is 1. The number of nitrogens with zero attached hydrogens (tertiary/aromatic N) is 1. The van der Waals surface area contributed by atoms with Crippen LogP contribution in [0.15, 0.2) is 10.8 Å². The van der Waals surface area contributed by atoms with E-state index in [1.165, 1.54) is 0 Å². The van der Waals surface area contributed by atoms with E-state index in [0.29, 0.717) is 24.5 Å². The van der Waals surface area contributed by atoms with Crippen molar-refractivity contribution in [3.05, 3.63) is 21.9 Å². The standard InChI is InChI=1S/C11H16N2OS2/c1-3-13(5-4-10(12)15)11(14)9-7-16-6-8(9)2/h6-7H,3-5H2,1-2H3,(H2,12,15). The van der Waals surface area contributed by atoms with Crippen molar-refractivity contribution in [3.8, 4) is 0 Å². The van der Waals surface area contributed by atoms with Crippen LogP contribution < -0.4 is 5.73 Å². The van der Waals surface area contributed by atoms with Gasteiger partial charge in [0, 0.05) is 24.9 Å².